The van der Waals surface area contributed by atoms with Gasteiger partial charge in [0.25, 0.3) is 0 Å². The predicted octanol–water partition coefficient (Wildman–Crippen LogP) is 3.43. The van der Waals surface area contributed by atoms with E-state index < -0.39 is 0 Å². The molecular formula is C19H20N2O2. The van der Waals surface area contributed by atoms with Gasteiger partial charge in [-0.2, -0.15) is 0 Å². The quantitative estimate of drug-likeness (QED) is 0.744. The molecule has 0 N–H and O–H groups in total. The normalized spacial score (nSPS) is 16.9. The zero-order valence-corrected chi connectivity index (χ0v) is 13.0. The van der Waals surface area contributed by atoms with Crippen molar-refractivity contribution in [1.82, 2.24) is 9.47 Å². The molecule has 1 fully saturated rings. The Morgan fingerprint density at radius 3 is 2.43 bits per heavy atom. The van der Waals surface area contributed by atoms with Gasteiger partial charge in [0, 0.05) is 13.1 Å². The maximum atomic E-state index is 12.1. The number of fused-ring (bicyclic) bond motifs is 1. The zero-order valence-electron chi connectivity index (χ0n) is 13.0. The van der Waals surface area contributed by atoms with Crippen molar-refractivity contribution < 1.29 is 4.42 Å². The molecule has 0 saturated carbocycles. The second-order valence-electron chi connectivity index (χ2n) is 6.21. The first-order valence-electron chi connectivity index (χ1n) is 8.17. The molecule has 0 amide bonds. The predicted molar refractivity (Wildman–Crippen MR) is 90.5 cm³/mol. The molecule has 0 unspecified atom stereocenters. The monoisotopic (exact) mass is 308 g/mol. The van der Waals surface area contributed by atoms with Gasteiger partial charge >= 0.3 is 5.76 Å². The lowest BCUT2D eigenvalue weighted by Crippen LogP contribution is -2.36. The van der Waals surface area contributed by atoms with Crippen LogP contribution in [0.4, 0.5) is 0 Å². The Balaban J connectivity index is 1.47. The first kappa shape index (κ1) is 14.3. The van der Waals surface area contributed by atoms with E-state index in [1.165, 1.54) is 5.56 Å². The molecule has 1 aliphatic heterocycles. The number of likely N-dealkylation sites (tertiary alicyclic amines) is 1. The Kier molecular flexibility index (Phi) is 3.75. The van der Waals surface area contributed by atoms with E-state index >= 15 is 0 Å². The second-order valence-corrected chi connectivity index (χ2v) is 6.21. The van der Waals surface area contributed by atoms with Gasteiger partial charge in [0.05, 0.1) is 12.2 Å². The van der Waals surface area contributed by atoms with Crippen LogP contribution in [-0.2, 0) is 6.67 Å². The number of nitrogens with zero attached hydrogens (tertiary/aromatic N) is 2. The smallest absolute Gasteiger partial charge is 0.408 e. The Bertz CT molecular complexity index is 842. The molecule has 1 aromatic heterocycles. The Morgan fingerprint density at radius 2 is 1.65 bits per heavy atom. The molecule has 0 atom stereocenters. The number of benzene rings is 2. The van der Waals surface area contributed by atoms with E-state index in [9.17, 15) is 4.79 Å². The summed E-state index contributed by atoms with van der Waals surface area (Å²) in [5, 5.41) is 0. The fraction of sp³-hybridized carbons (Fsp3) is 0.316. The van der Waals surface area contributed by atoms with Gasteiger partial charge in [0.2, 0.25) is 0 Å². The highest BCUT2D eigenvalue weighted by atomic mass is 16.4. The first-order chi connectivity index (χ1) is 11.3. The third-order valence-corrected chi connectivity index (χ3v) is 4.77. The highest BCUT2D eigenvalue weighted by Gasteiger charge is 2.21. The molecule has 4 rings (SSSR count). The fourth-order valence-corrected chi connectivity index (χ4v) is 3.48. The zero-order chi connectivity index (χ0) is 15.6. The number of oxazole rings is 1. The van der Waals surface area contributed by atoms with E-state index in [0.717, 1.165) is 31.4 Å². The summed E-state index contributed by atoms with van der Waals surface area (Å²) >= 11 is 0. The molecule has 4 nitrogen and oxygen atoms in total. The van der Waals surface area contributed by atoms with Crippen molar-refractivity contribution in [3.8, 4) is 0 Å². The summed E-state index contributed by atoms with van der Waals surface area (Å²) in [6, 6.07) is 18.3. The van der Waals surface area contributed by atoms with Crippen LogP contribution in [0.25, 0.3) is 11.1 Å². The summed E-state index contributed by atoms with van der Waals surface area (Å²) in [7, 11) is 0. The number of rotatable bonds is 3. The van der Waals surface area contributed by atoms with Crippen LogP contribution in [0, 0.1) is 0 Å². The van der Waals surface area contributed by atoms with Gasteiger partial charge in [0.15, 0.2) is 5.58 Å². The average molecular weight is 308 g/mol. The van der Waals surface area contributed by atoms with E-state index in [0.29, 0.717) is 18.2 Å². The molecule has 1 saturated heterocycles. The number of hydrogen-bond acceptors (Lipinski definition) is 3. The SMILES string of the molecule is O=c1oc2ccccc2n1CN1CCC(c2ccccc2)CC1. The average Bonchev–Trinajstić information content (AvgIpc) is 2.92. The van der Waals surface area contributed by atoms with Gasteiger partial charge in [-0.25, -0.2) is 4.79 Å². The standard InChI is InChI=1S/C19H20N2O2/c22-19-21(17-8-4-5-9-18(17)23-19)14-20-12-10-16(11-13-20)15-6-2-1-3-7-15/h1-9,16H,10-14H2. The molecule has 0 radical (unpaired) electrons. The lowest BCUT2D eigenvalue weighted by Gasteiger charge is -2.32. The van der Waals surface area contributed by atoms with Gasteiger partial charge in [-0.05, 0) is 36.5 Å². The Labute approximate surface area is 134 Å². The van der Waals surface area contributed by atoms with Gasteiger partial charge in [-0.3, -0.25) is 9.47 Å². The van der Waals surface area contributed by atoms with Crippen molar-refractivity contribution in [1.29, 1.82) is 0 Å². The van der Waals surface area contributed by atoms with Gasteiger partial charge in [0.1, 0.15) is 0 Å². The van der Waals surface area contributed by atoms with Crippen molar-refractivity contribution in [2.24, 2.45) is 0 Å². The summed E-state index contributed by atoms with van der Waals surface area (Å²) in [5.41, 5.74) is 2.97. The summed E-state index contributed by atoms with van der Waals surface area (Å²) < 4.78 is 7.05. The third-order valence-electron chi connectivity index (χ3n) is 4.77. The third kappa shape index (κ3) is 2.82. The summed E-state index contributed by atoms with van der Waals surface area (Å²) in [4.78, 5) is 14.4. The number of aromatic nitrogens is 1. The van der Waals surface area contributed by atoms with E-state index in [4.69, 9.17) is 4.42 Å². The van der Waals surface area contributed by atoms with Crippen molar-refractivity contribution in [2.75, 3.05) is 13.1 Å². The number of para-hydroxylation sites is 2. The van der Waals surface area contributed by atoms with Crippen LogP contribution in [-0.4, -0.2) is 22.6 Å². The van der Waals surface area contributed by atoms with Crippen molar-refractivity contribution in [3.05, 3.63) is 70.7 Å². The Hall–Kier alpha value is -2.33. The molecule has 0 bridgehead atoms. The highest BCUT2D eigenvalue weighted by molar-refractivity contribution is 5.72. The van der Waals surface area contributed by atoms with Crippen LogP contribution in [0.5, 0.6) is 0 Å². The molecule has 3 aromatic rings. The maximum absolute atomic E-state index is 12.1. The lowest BCUT2D eigenvalue weighted by molar-refractivity contribution is 0.167. The topological polar surface area (TPSA) is 38.4 Å². The number of piperidine rings is 1. The van der Waals surface area contributed by atoms with Crippen molar-refractivity contribution in [3.63, 3.8) is 0 Å². The van der Waals surface area contributed by atoms with E-state index in [1.807, 2.05) is 24.3 Å². The minimum atomic E-state index is -0.267. The van der Waals surface area contributed by atoms with E-state index in [1.54, 1.807) is 4.57 Å². The molecule has 118 valence electrons. The fourth-order valence-electron chi connectivity index (χ4n) is 3.48. The van der Waals surface area contributed by atoms with Gasteiger partial charge < -0.3 is 4.42 Å². The summed E-state index contributed by atoms with van der Waals surface area (Å²) in [6.07, 6.45) is 2.27. The molecule has 1 aliphatic rings. The van der Waals surface area contributed by atoms with Crippen LogP contribution in [0.3, 0.4) is 0 Å². The minimum absolute atomic E-state index is 0.267. The van der Waals surface area contributed by atoms with Crippen LogP contribution in [0.1, 0.15) is 24.3 Å². The van der Waals surface area contributed by atoms with Crippen molar-refractivity contribution >= 4 is 11.1 Å². The largest absolute Gasteiger partial charge is 0.421 e. The lowest BCUT2D eigenvalue weighted by atomic mass is 9.90. The van der Waals surface area contributed by atoms with Crippen LogP contribution in [0.2, 0.25) is 0 Å². The maximum Gasteiger partial charge on any atom is 0.421 e. The van der Waals surface area contributed by atoms with Crippen LogP contribution in [0.15, 0.2) is 63.8 Å². The van der Waals surface area contributed by atoms with Gasteiger partial charge in [-0.15, -0.1) is 0 Å². The Morgan fingerprint density at radius 1 is 0.957 bits per heavy atom. The molecule has 2 aromatic carbocycles. The first-order valence-corrected chi connectivity index (χ1v) is 8.17. The molecule has 2 heterocycles. The number of hydrogen-bond donors (Lipinski definition) is 0. The van der Waals surface area contributed by atoms with Crippen molar-refractivity contribution in [2.45, 2.75) is 25.4 Å². The molecule has 0 spiro atoms. The van der Waals surface area contributed by atoms with Crippen LogP contribution < -0.4 is 5.76 Å². The molecule has 4 heteroatoms. The molecular weight excluding hydrogens is 288 g/mol. The molecule has 0 aliphatic carbocycles. The second kappa shape index (κ2) is 6.05. The van der Waals surface area contributed by atoms with Crippen LogP contribution >= 0.6 is 0 Å². The summed E-state index contributed by atoms with van der Waals surface area (Å²) in [6.45, 7) is 2.62. The van der Waals surface area contributed by atoms with E-state index in [-0.39, 0.29) is 5.76 Å². The highest BCUT2D eigenvalue weighted by Crippen LogP contribution is 2.28. The summed E-state index contributed by atoms with van der Waals surface area (Å²) in [5.74, 6) is 0.363. The molecule has 23 heavy (non-hydrogen) atoms. The van der Waals surface area contributed by atoms with E-state index in [2.05, 4.69) is 35.2 Å². The van der Waals surface area contributed by atoms with Gasteiger partial charge in [-0.1, -0.05) is 42.5 Å². The minimum Gasteiger partial charge on any atom is -0.408 e.